The summed E-state index contributed by atoms with van der Waals surface area (Å²) in [5.74, 6) is 1.99. The Hall–Kier alpha value is -3.49. The molecule has 0 aromatic heterocycles. The fraction of sp³-hybridized carbons (Fsp3) is 0.200. The lowest BCUT2D eigenvalue weighted by Gasteiger charge is -2.21. The lowest BCUT2D eigenvalue weighted by Crippen LogP contribution is -2.08. The van der Waals surface area contributed by atoms with E-state index in [1.165, 1.54) is 0 Å². The Labute approximate surface area is 208 Å². The zero-order valence-electron chi connectivity index (χ0n) is 20.5. The van der Waals surface area contributed by atoms with E-state index in [4.69, 9.17) is 13.6 Å². The van der Waals surface area contributed by atoms with Crippen LogP contribution in [0.4, 0.5) is 0 Å². The van der Waals surface area contributed by atoms with Gasteiger partial charge in [-0.2, -0.15) is 4.57 Å². The summed E-state index contributed by atoms with van der Waals surface area (Å²) >= 11 is 0. The third kappa shape index (κ3) is 6.35. The van der Waals surface area contributed by atoms with Gasteiger partial charge < -0.3 is 13.6 Å². The van der Waals surface area contributed by atoms with Gasteiger partial charge in [-0.1, -0.05) is 100 Å². The molecule has 0 radical (unpaired) electrons. The van der Waals surface area contributed by atoms with Crippen molar-refractivity contribution in [2.45, 2.75) is 39.5 Å². The highest BCUT2D eigenvalue weighted by molar-refractivity contribution is 7.49. The largest absolute Gasteiger partial charge is 0.647 e. The van der Waals surface area contributed by atoms with Crippen molar-refractivity contribution in [1.82, 2.24) is 0 Å². The summed E-state index contributed by atoms with van der Waals surface area (Å²) in [5, 5.41) is 0. The molecule has 4 rings (SSSR count). The molecule has 0 bridgehead atoms. The van der Waals surface area contributed by atoms with Crippen LogP contribution in [-0.2, 0) is 4.57 Å². The highest BCUT2D eigenvalue weighted by Crippen LogP contribution is 2.51. The fourth-order valence-corrected chi connectivity index (χ4v) is 4.94. The molecule has 0 aliphatic rings. The summed E-state index contributed by atoms with van der Waals surface area (Å²) in [7, 11) is -4.11. The summed E-state index contributed by atoms with van der Waals surface area (Å²) in [5.41, 5.74) is 4.06. The van der Waals surface area contributed by atoms with Gasteiger partial charge in [0, 0.05) is 5.56 Å². The van der Waals surface area contributed by atoms with E-state index in [1.54, 1.807) is 30.3 Å². The molecule has 4 aromatic rings. The quantitative estimate of drug-likeness (QED) is 0.221. The van der Waals surface area contributed by atoms with Crippen LogP contribution < -0.4 is 13.6 Å². The van der Waals surface area contributed by atoms with Crippen LogP contribution in [0, 0.1) is 0 Å². The second-order valence-electron chi connectivity index (χ2n) is 9.03. The van der Waals surface area contributed by atoms with Gasteiger partial charge in [0.15, 0.2) is 0 Å². The van der Waals surface area contributed by atoms with Crippen molar-refractivity contribution < 1.29 is 18.1 Å². The molecule has 0 fully saturated rings. The molecule has 0 atom stereocenters. The molecule has 0 spiro atoms. The molecule has 0 unspecified atom stereocenters. The molecular formula is C30H31O4P. The average Bonchev–Trinajstić information content (AvgIpc) is 2.85. The topological polar surface area (TPSA) is 44.8 Å². The standard InChI is InChI=1S/C30H31O4P/c1-22(2)24-14-18-27(19-15-24)32-35(31,33-28-20-16-25(17-21-28)23(3)4)34-30-13-9-8-12-29(30)26-10-6-5-7-11-26/h5-23H,1-4H3. The van der Waals surface area contributed by atoms with E-state index in [0.29, 0.717) is 29.1 Å². The van der Waals surface area contributed by atoms with Crippen LogP contribution in [0.25, 0.3) is 11.1 Å². The Morgan fingerprint density at radius 1 is 0.543 bits per heavy atom. The van der Waals surface area contributed by atoms with Gasteiger partial charge in [-0.15, -0.1) is 0 Å². The molecule has 4 nitrogen and oxygen atoms in total. The molecule has 35 heavy (non-hydrogen) atoms. The van der Waals surface area contributed by atoms with Crippen molar-refractivity contribution >= 4 is 7.82 Å². The van der Waals surface area contributed by atoms with E-state index in [-0.39, 0.29) is 0 Å². The summed E-state index contributed by atoms with van der Waals surface area (Å²) in [4.78, 5) is 0. The Morgan fingerprint density at radius 2 is 1.00 bits per heavy atom. The maximum Gasteiger partial charge on any atom is 0.647 e. The van der Waals surface area contributed by atoms with E-state index >= 15 is 0 Å². The molecule has 0 heterocycles. The van der Waals surface area contributed by atoms with Crippen molar-refractivity contribution in [3.05, 3.63) is 114 Å². The highest BCUT2D eigenvalue weighted by atomic mass is 31.2. The summed E-state index contributed by atoms with van der Waals surface area (Å²) in [6.45, 7) is 8.48. The first kappa shape index (κ1) is 24.6. The summed E-state index contributed by atoms with van der Waals surface area (Å²) in [6.07, 6.45) is 0. The first-order valence-corrected chi connectivity index (χ1v) is 13.3. The Morgan fingerprint density at radius 3 is 1.49 bits per heavy atom. The van der Waals surface area contributed by atoms with Crippen LogP contribution in [0.5, 0.6) is 17.2 Å². The Kier molecular flexibility index (Phi) is 7.63. The van der Waals surface area contributed by atoms with Gasteiger partial charge in [-0.05, 0) is 58.9 Å². The first-order chi connectivity index (χ1) is 16.8. The second-order valence-corrected chi connectivity index (χ2v) is 10.5. The van der Waals surface area contributed by atoms with Crippen molar-refractivity contribution in [3.63, 3.8) is 0 Å². The van der Waals surface area contributed by atoms with Gasteiger partial charge in [-0.25, -0.2) is 0 Å². The van der Waals surface area contributed by atoms with Gasteiger partial charge in [0.25, 0.3) is 0 Å². The highest BCUT2D eigenvalue weighted by Gasteiger charge is 2.34. The molecule has 4 aromatic carbocycles. The van der Waals surface area contributed by atoms with Crippen LogP contribution in [0.15, 0.2) is 103 Å². The zero-order valence-corrected chi connectivity index (χ0v) is 21.4. The van der Waals surface area contributed by atoms with Crippen LogP contribution in [0.1, 0.15) is 50.7 Å². The molecule has 0 aliphatic carbocycles. The van der Waals surface area contributed by atoms with Crippen LogP contribution in [0.2, 0.25) is 0 Å². The van der Waals surface area contributed by atoms with Gasteiger partial charge in [0.2, 0.25) is 0 Å². The van der Waals surface area contributed by atoms with Crippen molar-refractivity contribution in [2.24, 2.45) is 0 Å². The zero-order chi connectivity index (χ0) is 24.8. The van der Waals surface area contributed by atoms with E-state index in [1.807, 2.05) is 72.8 Å². The van der Waals surface area contributed by atoms with Gasteiger partial charge in [0.05, 0.1) is 0 Å². The lowest BCUT2D eigenvalue weighted by atomic mass is 10.0. The number of hydrogen-bond acceptors (Lipinski definition) is 4. The predicted octanol–water partition coefficient (Wildman–Crippen LogP) is 9.25. The number of rotatable bonds is 9. The van der Waals surface area contributed by atoms with E-state index in [9.17, 15) is 4.57 Å². The Balaban J connectivity index is 1.68. The van der Waals surface area contributed by atoms with Crippen LogP contribution in [-0.4, -0.2) is 0 Å². The van der Waals surface area contributed by atoms with Gasteiger partial charge in [0.1, 0.15) is 17.2 Å². The van der Waals surface area contributed by atoms with Crippen LogP contribution >= 0.6 is 7.82 Å². The van der Waals surface area contributed by atoms with E-state index < -0.39 is 7.82 Å². The minimum atomic E-state index is -4.11. The SMILES string of the molecule is CC(C)c1ccc(OP(=O)(Oc2ccc(C(C)C)cc2)Oc2ccccc2-c2ccccc2)cc1. The van der Waals surface area contributed by atoms with E-state index in [0.717, 1.165) is 22.3 Å². The number of benzene rings is 4. The maximum absolute atomic E-state index is 14.1. The molecule has 5 heteroatoms. The van der Waals surface area contributed by atoms with Gasteiger partial charge >= 0.3 is 7.82 Å². The van der Waals surface area contributed by atoms with Crippen molar-refractivity contribution in [1.29, 1.82) is 0 Å². The molecule has 0 saturated carbocycles. The molecule has 180 valence electrons. The minimum Gasteiger partial charge on any atom is -0.386 e. The first-order valence-electron chi connectivity index (χ1n) is 11.9. The monoisotopic (exact) mass is 486 g/mol. The number of phosphoric ester groups is 1. The predicted molar refractivity (Wildman–Crippen MR) is 142 cm³/mol. The summed E-state index contributed by atoms with van der Waals surface area (Å²) < 4.78 is 32.0. The molecular weight excluding hydrogens is 455 g/mol. The molecule has 0 aliphatic heterocycles. The van der Waals surface area contributed by atoms with E-state index in [2.05, 4.69) is 27.7 Å². The smallest absolute Gasteiger partial charge is 0.386 e. The minimum absolute atomic E-state index is 0.376. The summed E-state index contributed by atoms with van der Waals surface area (Å²) in [6, 6.07) is 32.2. The molecule has 0 saturated heterocycles. The Bertz CT molecular complexity index is 1220. The molecule has 0 N–H and O–H groups in total. The number of phosphoric acid groups is 1. The van der Waals surface area contributed by atoms with Crippen molar-refractivity contribution in [3.8, 4) is 28.4 Å². The fourth-order valence-electron chi connectivity index (χ4n) is 3.66. The number of para-hydroxylation sites is 1. The average molecular weight is 487 g/mol. The third-order valence-corrected chi connectivity index (χ3v) is 7.00. The maximum atomic E-state index is 14.1. The van der Waals surface area contributed by atoms with Crippen molar-refractivity contribution in [2.75, 3.05) is 0 Å². The molecule has 0 amide bonds. The van der Waals surface area contributed by atoms with Gasteiger partial charge in [-0.3, -0.25) is 0 Å². The third-order valence-electron chi connectivity index (χ3n) is 5.71. The van der Waals surface area contributed by atoms with Crippen LogP contribution in [0.3, 0.4) is 0 Å². The normalized spacial score (nSPS) is 11.5. The second kappa shape index (κ2) is 10.8. The number of hydrogen-bond donors (Lipinski definition) is 0. The lowest BCUT2D eigenvalue weighted by molar-refractivity contribution is 0.299.